The Morgan fingerprint density at radius 1 is 1.18 bits per heavy atom. The zero-order valence-corrected chi connectivity index (χ0v) is 12.8. The van der Waals surface area contributed by atoms with E-state index in [-0.39, 0.29) is 17.9 Å². The van der Waals surface area contributed by atoms with Crippen LogP contribution < -0.4 is 10.6 Å². The van der Waals surface area contributed by atoms with Crippen LogP contribution in [0.5, 0.6) is 0 Å². The predicted molar refractivity (Wildman–Crippen MR) is 83.0 cm³/mol. The van der Waals surface area contributed by atoms with Gasteiger partial charge in [0.25, 0.3) is 0 Å². The number of amides is 2. The van der Waals surface area contributed by atoms with Crippen LogP contribution in [0, 0.1) is 5.82 Å². The lowest BCUT2D eigenvalue weighted by atomic mass is 10.1. The van der Waals surface area contributed by atoms with Crippen molar-refractivity contribution in [2.75, 3.05) is 0 Å². The minimum Gasteiger partial charge on any atom is -0.469 e. The normalized spacial score (nSPS) is 13.4. The zero-order chi connectivity index (χ0) is 15.9. The van der Waals surface area contributed by atoms with Crippen molar-refractivity contribution in [3.63, 3.8) is 0 Å². The first-order valence-electron chi connectivity index (χ1n) is 7.40. The first-order valence-corrected chi connectivity index (χ1v) is 7.40. The Bertz CT molecular complexity index is 598. The minimum atomic E-state index is -0.390. The van der Waals surface area contributed by atoms with E-state index < -0.39 is 6.04 Å². The summed E-state index contributed by atoms with van der Waals surface area (Å²) in [6, 6.07) is 9.49. The first kappa shape index (κ1) is 16.1. The standard InChI is InChI=1S/C17H21FN2O2/c1-12(9-10-14-6-5-11-22-14)19-17(21)20-13(2)15-7-3-4-8-16(15)18/h3-8,11-13H,9-10H2,1-2H3,(H2,19,20,21). The van der Waals surface area contributed by atoms with Gasteiger partial charge in [-0.1, -0.05) is 18.2 Å². The second-order valence-electron chi connectivity index (χ2n) is 5.38. The zero-order valence-electron chi connectivity index (χ0n) is 12.8. The summed E-state index contributed by atoms with van der Waals surface area (Å²) in [7, 11) is 0. The van der Waals surface area contributed by atoms with Crippen LogP contribution in [0.4, 0.5) is 9.18 Å². The van der Waals surface area contributed by atoms with Gasteiger partial charge in [0, 0.05) is 18.0 Å². The van der Waals surface area contributed by atoms with Crippen molar-refractivity contribution in [1.82, 2.24) is 10.6 Å². The highest BCUT2D eigenvalue weighted by Gasteiger charge is 2.14. The van der Waals surface area contributed by atoms with Crippen molar-refractivity contribution < 1.29 is 13.6 Å². The summed E-state index contributed by atoms with van der Waals surface area (Å²) in [5.41, 5.74) is 0.473. The quantitative estimate of drug-likeness (QED) is 0.853. The van der Waals surface area contributed by atoms with Gasteiger partial charge in [-0.15, -0.1) is 0 Å². The fraction of sp³-hybridized carbons (Fsp3) is 0.353. The Morgan fingerprint density at radius 2 is 1.95 bits per heavy atom. The average molecular weight is 304 g/mol. The van der Waals surface area contributed by atoms with Gasteiger partial charge in [-0.25, -0.2) is 9.18 Å². The summed E-state index contributed by atoms with van der Waals surface area (Å²) in [5.74, 6) is 0.579. The molecule has 2 aromatic rings. The van der Waals surface area contributed by atoms with Gasteiger partial charge in [0.1, 0.15) is 11.6 Å². The molecule has 1 aromatic carbocycles. The van der Waals surface area contributed by atoms with Crippen molar-refractivity contribution in [3.8, 4) is 0 Å². The molecule has 0 spiro atoms. The number of nitrogens with one attached hydrogen (secondary N) is 2. The molecular weight excluding hydrogens is 283 g/mol. The number of halogens is 1. The molecule has 22 heavy (non-hydrogen) atoms. The lowest BCUT2D eigenvalue weighted by molar-refractivity contribution is 0.234. The summed E-state index contributed by atoms with van der Waals surface area (Å²) in [5, 5.41) is 5.60. The van der Waals surface area contributed by atoms with E-state index in [1.54, 1.807) is 31.4 Å². The van der Waals surface area contributed by atoms with Crippen LogP contribution in [0.25, 0.3) is 0 Å². The summed E-state index contributed by atoms with van der Waals surface area (Å²) < 4.78 is 18.9. The summed E-state index contributed by atoms with van der Waals surface area (Å²) >= 11 is 0. The monoisotopic (exact) mass is 304 g/mol. The lowest BCUT2D eigenvalue weighted by Crippen LogP contribution is -2.42. The van der Waals surface area contributed by atoms with E-state index in [4.69, 9.17) is 4.42 Å². The number of hydrogen-bond donors (Lipinski definition) is 2. The van der Waals surface area contributed by atoms with Crippen LogP contribution in [0.1, 0.15) is 37.6 Å². The van der Waals surface area contributed by atoms with Gasteiger partial charge in [-0.3, -0.25) is 0 Å². The maximum absolute atomic E-state index is 13.6. The van der Waals surface area contributed by atoms with Crippen LogP contribution in [0.3, 0.4) is 0 Å². The molecule has 1 aromatic heterocycles. The summed E-state index contributed by atoms with van der Waals surface area (Å²) in [4.78, 5) is 11.9. The molecule has 2 unspecified atom stereocenters. The van der Waals surface area contributed by atoms with Gasteiger partial charge in [0.05, 0.1) is 12.3 Å². The number of urea groups is 1. The first-order chi connectivity index (χ1) is 10.6. The van der Waals surface area contributed by atoms with Crippen LogP contribution in [0.2, 0.25) is 0 Å². The molecule has 1 heterocycles. The third kappa shape index (κ3) is 4.62. The molecule has 0 aliphatic rings. The SMILES string of the molecule is CC(CCc1ccco1)NC(=O)NC(C)c1ccccc1F. The molecule has 0 saturated carbocycles. The molecular formula is C17H21FN2O2. The molecule has 0 aliphatic carbocycles. The highest BCUT2D eigenvalue weighted by Crippen LogP contribution is 2.15. The van der Waals surface area contributed by atoms with E-state index >= 15 is 0 Å². The van der Waals surface area contributed by atoms with Crippen molar-refractivity contribution in [2.45, 2.75) is 38.8 Å². The van der Waals surface area contributed by atoms with Gasteiger partial charge in [-0.05, 0) is 38.5 Å². The van der Waals surface area contributed by atoms with Crippen LogP contribution in [-0.4, -0.2) is 12.1 Å². The molecule has 0 saturated heterocycles. The Kier molecular flexibility index (Phi) is 5.58. The molecule has 2 rings (SSSR count). The van der Waals surface area contributed by atoms with Gasteiger partial charge >= 0.3 is 6.03 Å². The number of carbonyl (C=O) groups is 1. The van der Waals surface area contributed by atoms with E-state index in [0.717, 1.165) is 18.6 Å². The molecule has 0 fully saturated rings. The Hall–Kier alpha value is -2.30. The van der Waals surface area contributed by atoms with Gasteiger partial charge < -0.3 is 15.1 Å². The largest absolute Gasteiger partial charge is 0.469 e. The van der Waals surface area contributed by atoms with Crippen LogP contribution in [0.15, 0.2) is 47.1 Å². The number of hydrogen-bond acceptors (Lipinski definition) is 2. The minimum absolute atomic E-state index is 0.00193. The molecule has 118 valence electrons. The van der Waals surface area contributed by atoms with Crippen LogP contribution >= 0.6 is 0 Å². The number of rotatable bonds is 6. The van der Waals surface area contributed by atoms with Crippen molar-refractivity contribution >= 4 is 6.03 Å². The molecule has 2 atom stereocenters. The molecule has 0 bridgehead atoms. The number of furan rings is 1. The van der Waals surface area contributed by atoms with E-state index in [9.17, 15) is 9.18 Å². The Morgan fingerprint density at radius 3 is 2.64 bits per heavy atom. The number of aryl methyl sites for hydroxylation is 1. The second kappa shape index (κ2) is 7.64. The maximum atomic E-state index is 13.6. The lowest BCUT2D eigenvalue weighted by Gasteiger charge is -2.18. The van der Waals surface area contributed by atoms with Crippen LogP contribution in [-0.2, 0) is 6.42 Å². The van der Waals surface area contributed by atoms with E-state index in [1.165, 1.54) is 6.07 Å². The van der Waals surface area contributed by atoms with Gasteiger partial charge in [0.15, 0.2) is 0 Å². The van der Waals surface area contributed by atoms with Crippen molar-refractivity contribution in [3.05, 3.63) is 59.8 Å². The molecule has 0 aliphatic heterocycles. The molecule has 2 N–H and O–H groups in total. The number of benzene rings is 1. The highest BCUT2D eigenvalue weighted by molar-refractivity contribution is 5.74. The van der Waals surface area contributed by atoms with Gasteiger partial charge in [0.2, 0.25) is 0 Å². The average Bonchev–Trinajstić information content (AvgIpc) is 2.98. The van der Waals surface area contributed by atoms with Crippen molar-refractivity contribution in [2.24, 2.45) is 0 Å². The van der Waals surface area contributed by atoms with Crippen molar-refractivity contribution in [1.29, 1.82) is 0 Å². The Balaban J connectivity index is 1.78. The second-order valence-corrected chi connectivity index (χ2v) is 5.38. The summed E-state index contributed by atoms with van der Waals surface area (Å²) in [6.07, 6.45) is 3.17. The third-order valence-electron chi connectivity index (χ3n) is 3.50. The van der Waals surface area contributed by atoms with E-state index in [2.05, 4.69) is 10.6 Å². The van der Waals surface area contributed by atoms with E-state index in [1.807, 2.05) is 19.1 Å². The predicted octanol–water partition coefficient (Wildman–Crippen LogP) is 3.80. The fourth-order valence-electron chi connectivity index (χ4n) is 2.25. The molecule has 2 amide bonds. The maximum Gasteiger partial charge on any atom is 0.315 e. The number of carbonyl (C=O) groups excluding carboxylic acids is 1. The smallest absolute Gasteiger partial charge is 0.315 e. The third-order valence-corrected chi connectivity index (χ3v) is 3.50. The highest BCUT2D eigenvalue weighted by atomic mass is 19.1. The molecule has 4 nitrogen and oxygen atoms in total. The summed E-state index contributed by atoms with van der Waals surface area (Å²) in [6.45, 7) is 3.68. The topological polar surface area (TPSA) is 54.3 Å². The Labute approximate surface area is 129 Å². The fourth-order valence-corrected chi connectivity index (χ4v) is 2.25. The van der Waals surface area contributed by atoms with E-state index in [0.29, 0.717) is 5.56 Å². The molecule has 0 radical (unpaired) electrons. The van der Waals surface area contributed by atoms with Gasteiger partial charge in [-0.2, -0.15) is 0 Å². The molecule has 5 heteroatoms.